The number of carbonyl (C=O) groups excluding carboxylic acids is 2. The summed E-state index contributed by atoms with van der Waals surface area (Å²) in [6, 6.07) is 18.7. The second kappa shape index (κ2) is 13.9. The van der Waals surface area contributed by atoms with Crippen molar-refractivity contribution >= 4 is 40.2 Å². The number of anilines is 2. The van der Waals surface area contributed by atoms with Crippen molar-refractivity contribution in [1.82, 2.24) is 24.6 Å². The normalized spacial score (nSPS) is 16.5. The number of fused-ring (bicyclic) bond motifs is 1. The van der Waals surface area contributed by atoms with Crippen molar-refractivity contribution in [3.63, 3.8) is 0 Å². The number of aryl methyl sites for hydroxylation is 1. The van der Waals surface area contributed by atoms with Crippen molar-refractivity contribution < 1.29 is 19.1 Å². The van der Waals surface area contributed by atoms with Crippen LogP contribution in [0.5, 0.6) is 0 Å². The molecule has 2 aromatic carbocycles. The van der Waals surface area contributed by atoms with E-state index in [0.717, 1.165) is 79.0 Å². The number of carbonyl (C=O) groups is 2. The van der Waals surface area contributed by atoms with Crippen molar-refractivity contribution in [2.75, 3.05) is 63.7 Å². The fourth-order valence-corrected chi connectivity index (χ4v) is 7.64. The van der Waals surface area contributed by atoms with Crippen molar-refractivity contribution in [3.05, 3.63) is 99.6 Å². The number of amides is 2. The highest BCUT2D eigenvalue weighted by atomic mass is 32.1. The smallest absolute Gasteiger partial charge is 0.255 e. The molecule has 7 rings (SSSR count). The number of hydrogen-bond acceptors (Lipinski definition) is 9. The predicted octanol–water partition coefficient (Wildman–Crippen LogP) is 4.76. The van der Waals surface area contributed by atoms with Crippen molar-refractivity contribution in [2.24, 2.45) is 0 Å². The average Bonchev–Trinajstić information content (AvgIpc) is 3.74. The molecule has 0 aliphatic carbocycles. The Labute approximate surface area is 283 Å². The molecule has 0 atom stereocenters. The summed E-state index contributed by atoms with van der Waals surface area (Å²) in [5.41, 5.74) is 12.3. The minimum Gasteiger partial charge on any atom is -0.397 e. The molecule has 3 aromatic heterocycles. The summed E-state index contributed by atoms with van der Waals surface area (Å²) in [7, 11) is 0. The Balaban J connectivity index is 1.13. The van der Waals surface area contributed by atoms with Gasteiger partial charge in [0.1, 0.15) is 16.3 Å². The molecule has 5 aromatic rings. The van der Waals surface area contributed by atoms with E-state index >= 15 is 0 Å². The molecule has 11 nitrogen and oxygen atoms in total. The molecule has 12 heteroatoms. The highest BCUT2D eigenvalue weighted by molar-refractivity contribution is 7.10. The summed E-state index contributed by atoms with van der Waals surface area (Å²) in [5.74, 6) is -0.336. The van der Waals surface area contributed by atoms with E-state index in [9.17, 15) is 9.59 Å². The third-order valence-electron chi connectivity index (χ3n) is 9.28. The number of nitrogens with zero attached hydrogens (tertiary/aromatic N) is 4. The van der Waals surface area contributed by atoms with Crippen LogP contribution < -0.4 is 16.4 Å². The molecule has 0 bridgehead atoms. The summed E-state index contributed by atoms with van der Waals surface area (Å²) in [6.45, 7) is 7.80. The fourth-order valence-electron chi connectivity index (χ4n) is 6.55. The number of thiazole rings is 1. The number of nitrogens with two attached hydrogens (primary N) is 1. The Morgan fingerprint density at radius 1 is 0.917 bits per heavy atom. The van der Waals surface area contributed by atoms with Crippen LogP contribution in [0.15, 0.2) is 72.2 Å². The number of ether oxygens (including phenoxy) is 2. The Bertz CT molecular complexity index is 1920. The van der Waals surface area contributed by atoms with Gasteiger partial charge in [-0.2, -0.15) is 0 Å². The highest BCUT2D eigenvalue weighted by Gasteiger charge is 2.39. The Morgan fingerprint density at radius 3 is 2.42 bits per heavy atom. The van der Waals surface area contributed by atoms with E-state index in [1.54, 1.807) is 23.5 Å². The van der Waals surface area contributed by atoms with Crippen LogP contribution >= 0.6 is 11.3 Å². The molecule has 5 heterocycles. The van der Waals surface area contributed by atoms with Gasteiger partial charge < -0.3 is 25.8 Å². The van der Waals surface area contributed by atoms with E-state index in [1.807, 2.05) is 66.1 Å². The summed E-state index contributed by atoms with van der Waals surface area (Å²) in [6.07, 6.45) is 3.39. The topological polar surface area (TPSA) is 136 Å². The lowest BCUT2D eigenvalue weighted by molar-refractivity contribution is 0.0383. The molecular formula is C36H39N7O4S. The van der Waals surface area contributed by atoms with Gasteiger partial charge in [0.05, 0.1) is 47.0 Å². The van der Waals surface area contributed by atoms with E-state index in [4.69, 9.17) is 25.2 Å². The number of imidazole rings is 1. The number of morpholine rings is 1. The molecule has 0 spiro atoms. The van der Waals surface area contributed by atoms with Crippen LogP contribution in [-0.4, -0.2) is 83.7 Å². The van der Waals surface area contributed by atoms with Crippen LogP contribution in [0.4, 0.5) is 11.4 Å². The predicted molar refractivity (Wildman–Crippen MR) is 187 cm³/mol. The zero-order valence-electron chi connectivity index (χ0n) is 26.9. The van der Waals surface area contributed by atoms with E-state index in [-0.39, 0.29) is 17.2 Å². The molecule has 2 aliphatic rings. The third-order valence-corrected chi connectivity index (χ3v) is 10.3. The fraction of sp³-hybridized carbons (Fsp3) is 0.333. The van der Waals surface area contributed by atoms with Gasteiger partial charge in [-0.1, -0.05) is 24.3 Å². The molecular weight excluding hydrogens is 627 g/mol. The minimum atomic E-state index is -0.361. The van der Waals surface area contributed by atoms with Crippen LogP contribution in [0.1, 0.15) is 49.8 Å². The molecule has 2 aliphatic heterocycles. The van der Waals surface area contributed by atoms with Gasteiger partial charge in [0, 0.05) is 56.5 Å². The summed E-state index contributed by atoms with van der Waals surface area (Å²) in [4.78, 5) is 38.5. The summed E-state index contributed by atoms with van der Waals surface area (Å²) >= 11 is 1.62. The number of benzene rings is 2. The number of nitrogen functional groups attached to an aromatic ring is 1. The van der Waals surface area contributed by atoms with Gasteiger partial charge in [0.15, 0.2) is 0 Å². The first kappa shape index (κ1) is 32.0. The zero-order chi connectivity index (χ0) is 33.1. The van der Waals surface area contributed by atoms with E-state index in [1.165, 1.54) is 0 Å². The molecule has 2 fully saturated rings. The number of hydrogen-bond donors (Lipinski definition) is 3. The molecule has 0 radical (unpaired) electrons. The minimum absolute atomic E-state index is 0.119. The first-order valence-corrected chi connectivity index (χ1v) is 17.2. The first-order chi connectivity index (χ1) is 23.4. The maximum Gasteiger partial charge on any atom is 0.255 e. The second-order valence-corrected chi connectivity index (χ2v) is 13.1. The molecule has 248 valence electrons. The van der Waals surface area contributed by atoms with Gasteiger partial charge in [-0.05, 0) is 61.7 Å². The number of rotatable bonds is 9. The van der Waals surface area contributed by atoms with Crippen molar-refractivity contribution in [1.29, 1.82) is 0 Å². The van der Waals surface area contributed by atoms with E-state index in [0.29, 0.717) is 42.3 Å². The quantitative estimate of drug-likeness (QED) is 0.192. The number of para-hydroxylation sites is 2. The van der Waals surface area contributed by atoms with Gasteiger partial charge >= 0.3 is 0 Å². The molecule has 48 heavy (non-hydrogen) atoms. The lowest BCUT2D eigenvalue weighted by Gasteiger charge is -2.36. The number of pyridine rings is 1. The van der Waals surface area contributed by atoms with Gasteiger partial charge in [-0.25, -0.2) is 9.97 Å². The lowest BCUT2D eigenvalue weighted by Crippen LogP contribution is -2.41. The monoisotopic (exact) mass is 665 g/mol. The van der Waals surface area contributed by atoms with Crippen LogP contribution in [-0.2, 0) is 14.9 Å². The third kappa shape index (κ3) is 6.44. The van der Waals surface area contributed by atoms with Crippen LogP contribution in [0.3, 0.4) is 0 Å². The molecule has 4 N–H and O–H groups in total. The van der Waals surface area contributed by atoms with Crippen molar-refractivity contribution in [2.45, 2.75) is 25.2 Å². The standard InChI is InChI=1S/C36H39N7O4S/c1-24-32(43-22-26(8-11-31(43)39-24)33(44)38-14-15-42-16-20-47-21-17-42)30-23-48-35(41-30)36(12-18-46-19-13-36)27-9-6-25(7-10-27)34(45)40-29-5-3-2-4-28(29)37/h2-11,22-23H,12-21,37H2,1H3,(H,38,44)(H,40,45). The summed E-state index contributed by atoms with van der Waals surface area (Å²) < 4.78 is 13.2. The van der Waals surface area contributed by atoms with E-state index < -0.39 is 0 Å². The van der Waals surface area contributed by atoms with Crippen LogP contribution in [0.25, 0.3) is 17.0 Å². The maximum absolute atomic E-state index is 13.1. The van der Waals surface area contributed by atoms with E-state index in [2.05, 4.69) is 20.9 Å². The largest absolute Gasteiger partial charge is 0.397 e. The average molecular weight is 666 g/mol. The SMILES string of the molecule is Cc1nc2ccc(C(=O)NCCN3CCOCC3)cn2c1-c1csc(C2(c3ccc(C(=O)Nc4ccccc4N)cc3)CCOCC2)n1. The lowest BCUT2D eigenvalue weighted by atomic mass is 9.74. The summed E-state index contributed by atoms with van der Waals surface area (Å²) in [5, 5.41) is 9.03. The molecule has 0 saturated carbocycles. The molecule has 2 saturated heterocycles. The van der Waals surface area contributed by atoms with Gasteiger partial charge in [-0.15, -0.1) is 11.3 Å². The van der Waals surface area contributed by atoms with Gasteiger partial charge in [0.2, 0.25) is 0 Å². The number of aromatic nitrogens is 3. The Hall–Kier alpha value is -4.62. The Kier molecular flexibility index (Phi) is 9.22. The van der Waals surface area contributed by atoms with Gasteiger partial charge in [0.25, 0.3) is 11.8 Å². The number of nitrogens with one attached hydrogen (secondary N) is 2. The van der Waals surface area contributed by atoms with Crippen LogP contribution in [0.2, 0.25) is 0 Å². The van der Waals surface area contributed by atoms with Gasteiger partial charge in [-0.3, -0.25) is 18.9 Å². The zero-order valence-corrected chi connectivity index (χ0v) is 27.7. The molecule has 0 unspecified atom stereocenters. The first-order valence-electron chi connectivity index (χ1n) is 16.3. The highest BCUT2D eigenvalue weighted by Crippen LogP contribution is 2.44. The van der Waals surface area contributed by atoms with Crippen LogP contribution in [0, 0.1) is 6.92 Å². The Morgan fingerprint density at radius 2 is 1.65 bits per heavy atom. The van der Waals surface area contributed by atoms with Crippen molar-refractivity contribution in [3.8, 4) is 11.4 Å². The molecule has 2 amide bonds. The maximum atomic E-state index is 13.1. The second-order valence-electron chi connectivity index (χ2n) is 12.3.